The minimum absolute atomic E-state index is 0.613. The molecule has 0 aliphatic carbocycles. The molecule has 29 heavy (non-hydrogen) atoms. The number of rotatable bonds is 8. The number of aliphatic imine (C=N–C) groups is 1. The SMILES string of the molecule is CCNC(=NCc1cccc(OC)c1)NCCN1CCN(c2ncccn2)CC1. The molecule has 1 saturated heterocycles. The lowest BCUT2D eigenvalue weighted by Crippen LogP contribution is -2.49. The summed E-state index contributed by atoms with van der Waals surface area (Å²) in [5.41, 5.74) is 1.13. The largest absolute Gasteiger partial charge is 0.497 e. The number of nitrogens with one attached hydrogen (secondary N) is 2. The Hall–Kier alpha value is -2.87. The molecule has 2 aromatic rings. The van der Waals surface area contributed by atoms with Crippen LogP contribution < -0.4 is 20.3 Å². The molecule has 2 heterocycles. The Labute approximate surface area is 173 Å². The van der Waals surface area contributed by atoms with Crippen molar-refractivity contribution in [1.82, 2.24) is 25.5 Å². The number of hydrogen-bond acceptors (Lipinski definition) is 6. The van der Waals surface area contributed by atoms with Crippen LogP contribution in [-0.2, 0) is 6.54 Å². The number of guanidine groups is 1. The highest BCUT2D eigenvalue weighted by Crippen LogP contribution is 2.13. The van der Waals surface area contributed by atoms with Gasteiger partial charge in [-0.15, -0.1) is 0 Å². The van der Waals surface area contributed by atoms with E-state index in [9.17, 15) is 0 Å². The van der Waals surface area contributed by atoms with E-state index >= 15 is 0 Å². The number of hydrogen-bond donors (Lipinski definition) is 2. The summed E-state index contributed by atoms with van der Waals surface area (Å²) >= 11 is 0. The molecule has 1 fully saturated rings. The van der Waals surface area contributed by atoms with E-state index in [0.717, 1.165) is 69.0 Å². The van der Waals surface area contributed by atoms with Gasteiger partial charge < -0.3 is 20.3 Å². The van der Waals surface area contributed by atoms with Gasteiger partial charge in [-0.3, -0.25) is 4.90 Å². The van der Waals surface area contributed by atoms with Gasteiger partial charge in [-0.05, 0) is 30.7 Å². The van der Waals surface area contributed by atoms with Crippen molar-refractivity contribution in [3.63, 3.8) is 0 Å². The molecule has 3 rings (SSSR count). The molecule has 0 amide bonds. The molecular weight excluding hydrogens is 366 g/mol. The fourth-order valence-corrected chi connectivity index (χ4v) is 3.24. The molecule has 0 radical (unpaired) electrons. The molecule has 0 bridgehead atoms. The van der Waals surface area contributed by atoms with Crippen LogP contribution in [0.25, 0.3) is 0 Å². The lowest BCUT2D eigenvalue weighted by molar-refractivity contribution is 0.260. The minimum Gasteiger partial charge on any atom is -0.497 e. The van der Waals surface area contributed by atoms with E-state index in [4.69, 9.17) is 4.74 Å². The molecular formula is C21H31N7O. The summed E-state index contributed by atoms with van der Waals surface area (Å²) in [5.74, 6) is 2.52. The zero-order valence-electron chi connectivity index (χ0n) is 17.3. The molecule has 0 atom stereocenters. The fraction of sp³-hybridized carbons (Fsp3) is 0.476. The summed E-state index contributed by atoms with van der Waals surface area (Å²) in [5, 5.41) is 6.75. The third-order valence-electron chi connectivity index (χ3n) is 4.83. The average Bonchev–Trinajstić information content (AvgIpc) is 2.78. The summed E-state index contributed by atoms with van der Waals surface area (Å²) in [7, 11) is 1.68. The molecule has 2 N–H and O–H groups in total. The summed E-state index contributed by atoms with van der Waals surface area (Å²) in [6, 6.07) is 9.86. The van der Waals surface area contributed by atoms with Gasteiger partial charge in [0.05, 0.1) is 13.7 Å². The van der Waals surface area contributed by atoms with Crippen LogP contribution in [-0.4, -0.2) is 73.8 Å². The van der Waals surface area contributed by atoms with E-state index in [2.05, 4.69) is 48.4 Å². The highest BCUT2D eigenvalue weighted by atomic mass is 16.5. The lowest BCUT2D eigenvalue weighted by atomic mass is 10.2. The predicted octanol–water partition coefficient (Wildman–Crippen LogP) is 1.36. The van der Waals surface area contributed by atoms with E-state index in [1.807, 2.05) is 24.3 Å². The van der Waals surface area contributed by atoms with Crippen LogP contribution in [0.15, 0.2) is 47.7 Å². The Bertz CT molecular complexity index is 761. The van der Waals surface area contributed by atoms with Crippen molar-refractivity contribution in [1.29, 1.82) is 0 Å². The number of methoxy groups -OCH3 is 1. The molecule has 0 spiro atoms. The molecule has 156 valence electrons. The number of ether oxygens (including phenoxy) is 1. The van der Waals surface area contributed by atoms with Crippen LogP contribution in [0.3, 0.4) is 0 Å². The second kappa shape index (κ2) is 11.2. The zero-order valence-corrected chi connectivity index (χ0v) is 17.3. The molecule has 0 saturated carbocycles. The Kier molecular flexibility index (Phi) is 8.06. The first-order valence-electron chi connectivity index (χ1n) is 10.2. The van der Waals surface area contributed by atoms with Crippen LogP contribution in [0.1, 0.15) is 12.5 Å². The van der Waals surface area contributed by atoms with Gasteiger partial charge >= 0.3 is 0 Å². The topological polar surface area (TPSA) is 77.9 Å². The maximum atomic E-state index is 5.28. The third kappa shape index (κ3) is 6.60. The monoisotopic (exact) mass is 397 g/mol. The first kappa shape index (κ1) is 20.9. The van der Waals surface area contributed by atoms with E-state index in [1.165, 1.54) is 0 Å². The van der Waals surface area contributed by atoms with Gasteiger partial charge in [0.25, 0.3) is 0 Å². The Morgan fingerprint density at radius 2 is 1.90 bits per heavy atom. The summed E-state index contributed by atoms with van der Waals surface area (Å²) in [6.07, 6.45) is 3.59. The third-order valence-corrected chi connectivity index (χ3v) is 4.83. The van der Waals surface area contributed by atoms with Crippen molar-refractivity contribution in [2.75, 3.05) is 57.8 Å². The highest BCUT2D eigenvalue weighted by molar-refractivity contribution is 5.79. The summed E-state index contributed by atoms with van der Waals surface area (Å²) < 4.78 is 5.28. The average molecular weight is 398 g/mol. The first-order chi connectivity index (χ1) is 14.3. The van der Waals surface area contributed by atoms with E-state index in [-0.39, 0.29) is 0 Å². The normalized spacial score (nSPS) is 15.2. The number of piperazine rings is 1. The molecule has 1 aliphatic heterocycles. The Balaban J connectivity index is 1.42. The van der Waals surface area contributed by atoms with Crippen LogP contribution >= 0.6 is 0 Å². The Morgan fingerprint density at radius 3 is 2.62 bits per heavy atom. The minimum atomic E-state index is 0.613. The molecule has 1 aromatic heterocycles. The predicted molar refractivity (Wildman–Crippen MR) is 116 cm³/mol. The smallest absolute Gasteiger partial charge is 0.225 e. The fourth-order valence-electron chi connectivity index (χ4n) is 3.24. The zero-order chi connectivity index (χ0) is 20.3. The van der Waals surface area contributed by atoms with Crippen LogP contribution in [0.5, 0.6) is 5.75 Å². The van der Waals surface area contributed by atoms with Gasteiger partial charge in [0, 0.05) is 58.2 Å². The van der Waals surface area contributed by atoms with E-state index in [1.54, 1.807) is 19.5 Å². The van der Waals surface area contributed by atoms with Crippen molar-refractivity contribution < 1.29 is 4.74 Å². The standard InChI is InChI=1S/C21H31N7O/c1-3-22-20(26-17-18-6-4-7-19(16-18)29-2)23-10-11-27-12-14-28(15-13-27)21-24-8-5-9-25-21/h4-9,16H,3,10-15,17H2,1-2H3,(H2,22,23,26). The molecule has 1 aliphatic rings. The van der Waals surface area contributed by atoms with Crippen LogP contribution in [0.2, 0.25) is 0 Å². The summed E-state index contributed by atoms with van der Waals surface area (Å²) in [6.45, 7) is 9.28. The van der Waals surface area contributed by atoms with Gasteiger partial charge in [0.15, 0.2) is 5.96 Å². The van der Waals surface area contributed by atoms with Gasteiger partial charge in [0.2, 0.25) is 5.95 Å². The highest BCUT2D eigenvalue weighted by Gasteiger charge is 2.18. The van der Waals surface area contributed by atoms with Crippen molar-refractivity contribution in [3.05, 3.63) is 48.3 Å². The van der Waals surface area contributed by atoms with Crippen LogP contribution in [0, 0.1) is 0 Å². The molecule has 8 heteroatoms. The number of aromatic nitrogens is 2. The molecule has 8 nitrogen and oxygen atoms in total. The van der Waals surface area contributed by atoms with Gasteiger partial charge in [0.1, 0.15) is 5.75 Å². The maximum Gasteiger partial charge on any atom is 0.225 e. The molecule has 1 aromatic carbocycles. The lowest BCUT2D eigenvalue weighted by Gasteiger charge is -2.34. The van der Waals surface area contributed by atoms with Crippen LogP contribution in [0.4, 0.5) is 5.95 Å². The van der Waals surface area contributed by atoms with E-state index < -0.39 is 0 Å². The van der Waals surface area contributed by atoms with Crippen molar-refractivity contribution in [2.45, 2.75) is 13.5 Å². The van der Waals surface area contributed by atoms with Gasteiger partial charge in [-0.1, -0.05) is 12.1 Å². The van der Waals surface area contributed by atoms with Crippen molar-refractivity contribution in [2.24, 2.45) is 4.99 Å². The number of benzene rings is 1. The summed E-state index contributed by atoms with van der Waals surface area (Å²) in [4.78, 5) is 18.1. The van der Waals surface area contributed by atoms with E-state index in [0.29, 0.717) is 6.54 Å². The maximum absolute atomic E-state index is 5.28. The quantitative estimate of drug-likeness (QED) is 0.514. The molecule has 0 unspecified atom stereocenters. The first-order valence-corrected chi connectivity index (χ1v) is 10.2. The number of nitrogens with zero attached hydrogens (tertiary/aromatic N) is 5. The van der Waals surface area contributed by atoms with Gasteiger partial charge in [-0.2, -0.15) is 0 Å². The Morgan fingerprint density at radius 1 is 1.10 bits per heavy atom. The van der Waals surface area contributed by atoms with Crippen molar-refractivity contribution in [3.8, 4) is 5.75 Å². The van der Waals surface area contributed by atoms with Crippen molar-refractivity contribution >= 4 is 11.9 Å². The second-order valence-corrected chi connectivity index (χ2v) is 6.85. The van der Waals surface area contributed by atoms with Gasteiger partial charge in [-0.25, -0.2) is 15.0 Å². The second-order valence-electron chi connectivity index (χ2n) is 6.85. The number of anilines is 1.